The van der Waals surface area contributed by atoms with Crippen molar-refractivity contribution in [1.82, 2.24) is 9.80 Å². The number of nitrogens with zero attached hydrogens (tertiary/aromatic N) is 3. The van der Waals surface area contributed by atoms with E-state index in [-0.39, 0.29) is 5.91 Å². The van der Waals surface area contributed by atoms with Crippen LogP contribution in [0.5, 0.6) is 0 Å². The number of carbonyl (C=O) groups is 1. The highest BCUT2D eigenvalue weighted by Gasteiger charge is 2.46. The Labute approximate surface area is 178 Å². The quantitative estimate of drug-likeness (QED) is 0.617. The Morgan fingerprint density at radius 1 is 0.900 bits per heavy atom. The molecule has 0 saturated carbocycles. The zero-order valence-electron chi connectivity index (χ0n) is 16.9. The molecule has 4 rings (SSSR count). The van der Waals surface area contributed by atoms with E-state index in [0.717, 1.165) is 18.7 Å². The average molecular weight is 396 g/mol. The standard InChI is InChI=1S/C26H25N3O/c27-20-26(16-17-28(21-26)18-22-10-4-1-5-11-22)29(19-23-12-6-2-7-13-23)25(30)24-14-8-3-9-15-24/h1-15H,16-19,21H2. The Kier molecular flexibility index (Phi) is 5.92. The van der Waals surface area contributed by atoms with Gasteiger partial charge in [0.05, 0.1) is 6.07 Å². The number of hydrogen-bond acceptors (Lipinski definition) is 3. The van der Waals surface area contributed by atoms with Crippen LogP contribution in [-0.2, 0) is 13.1 Å². The van der Waals surface area contributed by atoms with Crippen LogP contribution in [0.4, 0.5) is 0 Å². The molecule has 4 heteroatoms. The highest BCUT2D eigenvalue weighted by atomic mass is 16.2. The largest absolute Gasteiger partial charge is 0.314 e. The van der Waals surface area contributed by atoms with E-state index < -0.39 is 5.54 Å². The number of benzene rings is 3. The number of carbonyl (C=O) groups excluding carboxylic acids is 1. The van der Waals surface area contributed by atoms with Crippen molar-refractivity contribution >= 4 is 5.91 Å². The highest BCUT2D eigenvalue weighted by Crippen LogP contribution is 2.31. The van der Waals surface area contributed by atoms with Crippen molar-refractivity contribution in [2.75, 3.05) is 13.1 Å². The maximum absolute atomic E-state index is 13.5. The van der Waals surface area contributed by atoms with Gasteiger partial charge in [-0.2, -0.15) is 5.26 Å². The summed E-state index contributed by atoms with van der Waals surface area (Å²) in [5, 5.41) is 10.3. The summed E-state index contributed by atoms with van der Waals surface area (Å²) in [5.74, 6) is -0.0948. The molecule has 4 nitrogen and oxygen atoms in total. The Hall–Kier alpha value is -3.42. The number of amides is 1. The van der Waals surface area contributed by atoms with Crippen molar-refractivity contribution in [3.63, 3.8) is 0 Å². The molecular formula is C26H25N3O. The molecule has 0 bridgehead atoms. The van der Waals surface area contributed by atoms with Crippen molar-refractivity contribution in [1.29, 1.82) is 5.26 Å². The molecule has 1 aliphatic heterocycles. The van der Waals surface area contributed by atoms with Crippen LogP contribution in [0.1, 0.15) is 27.9 Å². The predicted octanol–water partition coefficient (Wildman–Crippen LogP) is 4.50. The average Bonchev–Trinajstić information content (AvgIpc) is 3.23. The van der Waals surface area contributed by atoms with Crippen molar-refractivity contribution in [2.45, 2.75) is 25.0 Å². The van der Waals surface area contributed by atoms with Crippen molar-refractivity contribution < 1.29 is 4.79 Å². The molecule has 3 aromatic rings. The van der Waals surface area contributed by atoms with E-state index in [0.29, 0.717) is 25.1 Å². The van der Waals surface area contributed by atoms with Gasteiger partial charge in [0.2, 0.25) is 0 Å². The second-order valence-electron chi connectivity index (χ2n) is 7.83. The lowest BCUT2D eigenvalue weighted by atomic mass is 9.95. The fourth-order valence-corrected chi connectivity index (χ4v) is 4.14. The maximum Gasteiger partial charge on any atom is 0.255 e. The fourth-order valence-electron chi connectivity index (χ4n) is 4.14. The third-order valence-corrected chi connectivity index (χ3v) is 5.75. The summed E-state index contributed by atoms with van der Waals surface area (Å²) in [6, 6.07) is 32.0. The van der Waals surface area contributed by atoms with Crippen LogP contribution in [0.25, 0.3) is 0 Å². The Bertz CT molecular complexity index is 1010. The van der Waals surface area contributed by atoms with E-state index in [4.69, 9.17) is 0 Å². The van der Waals surface area contributed by atoms with Gasteiger partial charge in [0.1, 0.15) is 5.54 Å². The van der Waals surface area contributed by atoms with Gasteiger partial charge in [0.25, 0.3) is 5.91 Å². The lowest BCUT2D eigenvalue weighted by Crippen LogP contribution is -2.52. The first-order valence-electron chi connectivity index (χ1n) is 10.3. The summed E-state index contributed by atoms with van der Waals surface area (Å²) >= 11 is 0. The number of hydrogen-bond donors (Lipinski definition) is 0. The predicted molar refractivity (Wildman–Crippen MR) is 117 cm³/mol. The van der Waals surface area contributed by atoms with Gasteiger partial charge in [-0.1, -0.05) is 78.9 Å². The van der Waals surface area contributed by atoms with Gasteiger partial charge in [-0.15, -0.1) is 0 Å². The molecule has 1 heterocycles. The van der Waals surface area contributed by atoms with E-state index in [1.165, 1.54) is 5.56 Å². The lowest BCUT2D eigenvalue weighted by Gasteiger charge is -2.36. The second-order valence-corrected chi connectivity index (χ2v) is 7.83. The van der Waals surface area contributed by atoms with Crippen molar-refractivity contribution in [3.8, 4) is 6.07 Å². The summed E-state index contributed by atoms with van der Waals surface area (Å²) in [6.07, 6.45) is 0.641. The zero-order chi connectivity index (χ0) is 20.8. The van der Waals surface area contributed by atoms with Crippen LogP contribution >= 0.6 is 0 Å². The third kappa shape index (κ3) is 4.27. The molecule has 0 aromatic heterocycles. The maximum atomic E-state index is 13.5. The molecule has 1 unspecified atom stereocenters. The van der Waals surface area contributed by atoms with Crippen molar-refractivity contribution in [3.05, 3.63) is 108 Å². The SMILES string of the molecule is N#CC1(N(Cc2ccccc2)C(=O)c2ccccc2)CCN(Cc2ccccc2)C1. The first-order chi connectivity index (χ1) is 14.7. The van der Waals surface area contributed by atoms with Crippen LogP contribution in [-0.4, -0.2) is 34.3 Å². The highest BCUT2D eigenvalue weighted by molar-refractivity contribution is 5.95. The Balaban J connectivity index is 1.62. The monoisotopic (exact) mass is 395 g/mol. The summed E-state index contributed by atoms with van der Waals surface area (Å²) in [4.78, 5) is 17.6. The number of likely N-dealkylation sites (tertiary alicyclic amines) is 1. The van der Waals surface area contributed by atoms with Crippen LogP contribution in [0.3, 0.4) is 0 Å². The number of nitriles is 1. The summed E-state index contributed by atoms with van der Waals surface area (Å²) in [7, 11) is 0. The molecule has 1 atom stereocenters. The molecule has 1 fully saturated rings. The fraction of sp³-hybridized carbons (Fsp3) is 0.231. The molecule has 0 spiro atoms. The third-order valence-electron chi connectivity index (χ3n) is 5.75. The van der Waals surface area contributed by atoms with E-state index in [9.17, 15) is 10.1 Å². The lowest BCUT2D eigenvalue weighted by molar-refractivity contribution is 0.0569. The first kappa shape index (κ1) is 19.9. The Morgan fingerprint density at radius 3 is 2.07 bits per heavy atom. The molecule has 1 saturated heterocycles. The molecule has 1 amide bonds. The minimum atomic E-state index is -0.850. The summed E-state index contributed by atoms with van der Waals surface area (Å²) < 4.78 is 0. The molecule has 150 valence electrons. The minimum Gasteiger partial charge on any atom is -0.314 e. The van der Waals surface area contributed by atoms with Gasteiger partial charge >= 0.3 is 0 Å². The van der Waals surface area contributed by atoms with Gasteiger partial charge in [-0.05, 0) is 29.7 Å². The molecule has 0 N–H and O–H groups in total. The zero-order valence-corrected chi connectivity index (χ0v) is 16.9. The summed E-state index contributed by atoms with van der Waals surface area (Å²) in [6.45, 7) is 2.53. The topological polar surface area (TPSA) is 47.3 Å². The first-order valence-corrected chi connectivity index (χ1v) is 10.3. The normalized spacial score (nSPS) is 18.6. The molecule has 0 radical (unpaired) electrons. The van der Waals surface area contributed by atoms with Gasteiger partial charge in [-0.3, -0.25) is 9.69 Å². The van der Waals surface area contributed by atoms with Crippen LogP contribution < -0.4 is 0 Å². The second kappa shape index (κ2) is 8.94. The minimum absolute atomic E-state index is 0.0948. The number of rotatable bonds is 6. The Morgan fingerprint density at radius 2 is 1.47 bits per heavy atom. The van der Waals surface area contributed by atoms with Gasteiger partial charge in [0, 0.05) is 31.7 Å². The van der Waals surface area contributed by atoms with E-state index in [2.05, 4.69) is 23.1 Å². The van der Waals surface area contributed by atoms with Gasteiger partial charge in [0.15, 0.2) is 0 Å². The van der Waals surface area contributed by atoms with E-state index >= 15 is 0 Å². The smallest absolute Gasteiger partial charge is 0.255 e. The van der Waals surface area contributed by atoms with Gasteiger partial charge < -0.3 is 4.90 Å². The van der Waals surface area contributed by atoms with Gasteiger partial charge in [-0.25, -0.2) is 0 Å². The van der Waals surface area contributed by atoms with Crippen LogP contribution in [0, 0.1) is 11.3 Å². The van der Waals surface area contributed by atoms with Crippen LogP contribution in [0.15, 0.2) is 91.0 Å². The molecule has 1 aliphatic rings. The molecular weight excluding hydrogens is 370 g/mol. The molecule has 3 aromatic carbocycles. The van der Waals surface area contributed by atoms with Crippen LogP contribution in [0.2, 0.25) is 0 Å². The molecule has 30 heavy (non-hydrogen) atoms. The summed E-state index contributed by atoms with van der Waals surface area (Å²) in [5.41, 5.74) is 2.01. The molecule has 0 aliphatic carbocycles. The van der Waals surface area contributed by atoms with E-state index in [1.807, 2.05) is 78.9 Å². The van der Waals surface area contributed by atoms with Crippen molar-refractivity contribution in [2.24, 2.45) is 0 Å². The van der Waals surface area contributed by atoms with E-state index in [1.54, 1.807) is 4.90 Å².